The second-order valence-corrected chi connectivity index (χ2v) is 5.78. The lowest BCUT2D eigenvalue weighted by Crippen LogP contribution is -2.34. The number of aliphatic hydroxyl groups is 1. The molecule has 2 atom stereocenters. The fraction of sp³-hybridized carbons (Fsp3) is 0.733. The molecule has 114 valence electrons. The smallest absolute Gasteiger partial charge is 0.225 e. The van der Waals surface area contributed by atoms with Crippen molar-refractivity contribution in [2.45, 2.75) is 46.6 Å². The van der Waals surface area contributed by atoms with Crippen molar-refractivity contribution in [1.82, 2.24) is 14.7 Å². The van der Waals surface area contributed by atoms with E-state index in [0.717, 1.165) is 17.0 Å². The topological polar surface area (TPSA) is 58.4 Å². The van der Waals surface area contributed by atoms with Gasteiger partial charge in [0, 0.05) is 32.3 Å². The minimum absolute atomic E-state index is 0.0735. The average molecular weight is 281 g/mol. The molecule has 1 amide bonds. The maximum absolute atomic E-state index is 12.3. The summed E-state index contributed by atoms with van der Waals surface area (Å²) in [5.41, 5.74) is 3.28. The number of rotatable bonds is 6. The van der Waals surface area contributed by atoms with E-state index >= 15 is 0 Å². The fourth-order valence-electron chi connectivity index (χ4n) is 2.37. The molecule has 1 aromatic rings. The highest BCUT2D eigenvalue weighted by atomic mass is 16.3. The third-order valence-electron chi connectivity index (χ3n) is 3.85. The molecule has 1 rings (SSSR count). The van der Waals surface area contributed by atoms with E-state index in [1.807, 2.05) is 32.5 Å². The number of amides is 1. The van der Waals surface area contributed by atoms with Gasteiger partial charge in [0.1, 0.15) is 0 Å². The van der Waals surface area contributed by atoms with Gasteiger partial charge in [-0.1, -0.05) is 6.92 Å². The van der Waals surface area contributed by atoms with Crippen molar-refractivity contribution in [2.75, 3.05) is 13.6 Å². The summed E-state index contributed by atoms with van der Waals surface area (Å²) in [4.78, 5) is 14.0. The van der Waals surface area contributed by atoms with Crippen LogP contribution in [-0.2, 0) is 18.3 Å². The zero-order valence-corrected chi connectivity index (χ0v) is 13.5. The Labute approximate surface area is 121 Å². The van der Waals surface area contributed by atoms with Crippen molar-refractivity contribution in [3.63, 3.8) is 0 Å². The van der Waals surface area contributed by atoms with Crippen LogP contribution >= 0.6 is 0 Å². The number of carbonyl (C=O) groups excluding carboxylic acids is 1. The van der Waals surface area contributed by atoms with Crippen LogP contribution in [0.25, 0.3) is 0 Å². The van der Waals surface area contributed by atoms with E-state index < -0.39 is 0 Å². The van der Waals surface area contributed by atoms with Crippen molar-refractivity contribution in [3.05, 3.63) is 17.0 Å². The zero-order valence-electron chi connectivity index (χ0n) is 13.5. The van der Waals surface area contributed by atoms with E-state index in [-0.39, 0.29) is 17.9 Å². The Morgan fingerprint density at radius 2 is 2.00 bits per heavy atom. The van der Waals surface area contributed by atoms with Crippen LogP contribution in [0.5, 0.6) is 0 Å². The predicted octanol–water partition coefficient (Wildman–Crippen LogP) is 1.44. The van der Waals surface area contributed by atoms with Crippen molar-refractivity contribution in [3.8, 4) is 0 Å². The molecule has 0 saturated heterocycles. The summed E-state index contributed by atoms with van der Waals surface area (Å²) >= 11 is 0. The summed E-state index contributed by atoms with van der Waals surface area (Å²) < 4.78 is 1.86. The van der Waals surface area contributed by atoms with Gasteiger partial charge < -0.3 is 10.0 Å². The van der Waals surface area contributed by atoms with Gasteiger partial charge in [-0.05, 0) is 39.2 Å². The second-order valence-electron chi connectivity index (χ2n) is 5.78. The molecule has 0 aliphatic rings. The molecule has 1 N–H and O–H groups in total. The molecule has 0 saturated carbocycles. The number of aromatic nitrogens is 2. The van der Waals surface area contributed by atoms with Crippen LogP contribution in [0.2, 0.25) is 0 Å². The van der Waals surface area contributed by atoms with Gasteiger partial charge in [0.2, 0.25) is 5.91 Å². The van der Waals surface area contributed by atoms with E-state index in [2.05, 4.69) is 5.10 Å². The molecule has 1 heterocycles. The Kier molecular flexibility index (Phi) is 5.74. The largest absolute Gasteiger partial charge is 0.393 e. The molecular formula is C15H27N3O2. The Balaban J connectivity index is 2.66. The Bertz CT molecular complexity index is 466. The maximum atomic E-state index is 12.3. The molecule has 20 heavy (non-hydrogen) atoms. The third kappa shape index (κ3) is 4.07. The van der Waals surface area contributed by atoms with Crippen molar-refractivity contribution in [2.24, 2.45) is 13.0 Å². The number of nitrogens with zero attached hydrogens (tertiary/aromatic N) is 3. The van der Waals surface area contributed by atoms with Crippen LogP contribution in [0.3, 0.4) is 0 Å². The number of hydrogen-bond acceptors (Lipinski definition) is 3. The monoisotopic (exact) mass is 281 g/mol. The first-order valence-electron chi connectivity index (χ1n) is 7.16. The van der Waals surface area contributed by atoms with Crippen LogP contribution in [0.15, 0.2) is 0 Å². The highest BCUT2D eigenvalue weighted by Crippen LogP contribution is 2.18. The first kappa shape index (κ1) is 16.7. The lowest BCUT2D eigenvalue weighted by molar-refractivity contribution is -0.133. The quantitative estimate of drug-likeness (QED) is 0.858. The minimum atomic E-state index is -0.372. The summed E-state index contributed by atoms with van der Waals surface area (Å²) in [5, 5.41) is 13.7. The van der Waals surface area contributed by atoms with Crippen molar-refractivity contribution in [1.29, 1.82) is 0 Å². The SMILES string of the molecule is Cc1nn(C)c(C)c1CC(C)C(=O)N(C)CCC(C)O. The van der Waals surface area contributed by atoms with E-state index in [0.29, 0.717) is 19.4 Å². The zero-order chi connectivity index (χ0) is 15.4. The van der Waals surface area contributed by atoms with Crippen molar-refractivity contribution < 1.29 is 9.90 Å². The molecule has 0 spiro atoms. The maximum Gasteiger partial charge on any atom is 0.225 e. The van der Waals surface area contributed by atoms with E-state index in [1.54, 1.807) is 18.9 Å². The molecule has 5 nitrogen and oxygen atoms in total. The third-order valence-corrected chi connectivity index (χ3v) is 3.85. The van der Waals surface area contributed by atoms with E-state index in [1.165, 1.54) is 0 Å². The fourth-order valence-corrected chi connectivity index (χ4v) is 2.37. The van der Waals surface area contributed by atoms with E-state index in [4.69, 9.17) is 0 Å². The summed E-state index contributed by atoms with van der Waals surface area (Å²) in [6.07, 6.45) is 0.951. The summed E-state index contributed by atoms with van der Waals surface area (Å²) in [5.74, 6) is 0.0453. The Morgan fingerprint density at radius 1 is 1.40 bits per heavy atom. The van der Waals surface area contributed by atoms with Gasteiger partial charge in [-0.3, -0.25) is 9.48 Å². The summed E-state index contributed by atoms with van der Waals surface area (Å²) in [7, 11) is 3.72. The summed E-state index contributed by atoms with van der Waals surface area (Å²) in [6.45, 7) is 8.30. The van der Waals surface area contributed by atoms with Crippen LogP contribution in [0.4, 0.5) is 0 Å². The van der Waals surface area contributed by atoms with E-state index in [9.17, 15) is 9.90 Å². The average Bonchev–Trinajstić information content (AvgIpc) is 2.61. The molecule has 0 aliphatic carbocycles. The normalized spacial score (nSPS) is 14.2. The van der Waals surface area contributed by atoms with Gasteiger partial charge in [-0.25, -0.2) is 0 Å². The highest BCUT2D eigenvalue weighted by Gasteiger charge is 2.21. The molecule has 1 aromatic heterocycles. The molecule has 0 aromatic carbocycles. The number of carbonyl (C=O) groups is 1. The predicted molar refractivity (Wildman–Crippen MR) is 79.5 cm³/mol. The first-order valence-corrected chi connectivity index (χ1v) is 7.16. The lowest BCUT2D eigenvalue weighted by Gasteiger charge is -2.22. The van der Waals surface area contributed by atoms with Crippen LogP contribution < -0.4 is 0 Å². The molecule has 5 heteroatoms. The number of aryl methyl sites for hydroxylation is 2. The second kappa shape index (κ2) is 6.88. The molecule has 0 radical (unpaired) electrons. The van der Waals surface area contributed by atoms with Gasteiger partial charge in [0.05, 0.1) is 11.8 Å². The van der Waals surface area contributed by atoms with Crippen LogP contribution in [0.1, 0.15) is 37.2 Å². The van der Waals surface area contributed by atoms with Gasteiger partial charge in [0.25, 0.3) is 0 Å². The molecular weight excluding hydrogens is 254 g/mol. The van der Waals surface area contributed by atoms with Crippen molar-refractivity contribution >= 4 is 5.91 Å². The number of hydrogen-bond donors (Lipinski definition) is 1. The molecule has 2 unspecified atom stereocenters. The molecule has 0 fully saturated rings. The molecule has 0 aliphatic heterocycles. The highest BCUT2D eigenvalue weighted by molar-refractivity contribution is 5.78. The van der Waals surface area contributed by atoms with Gasteiger partial charge in [-0.2, -0.15) is 5.10 Å². The van der Waals surface area contributed by atoms with Gasteiger partial charge in [-0.15, -0.1) is 0 Å². The first-order chi connectivity index (χ1) is 9.23. The minimum Gasteiger partial charge on any atom is -0.393 e. The van der Waals surface area contributed by atoms with Crippen LogP contribution in [0, 0.1) is 19.8 Å². The number of aliphatic hydroxyl groups excluding tert-OH is 1. The lowest BCUT2D eigenvalue weighted by atomic mass is 9.98. The molecule has 0 bridgehead atoms. The Hall–Kier alpha value is -1.36. The standard InChI is InChI=1S/C15H27N3O2/c1-10(15(20)17(5)8-7-11(2)19)9-14-12(3)16-18(6)13(14)4/h10-11,19H,7-9H2,1-6H3. The Morgan fingerprint density at radius 3 is 2.45 bits per heavy atom. The van der Waals surface area contributed by atoms with Crippen LogP contribution in [-0.4, -0.2) is 45.4 Å². The summed E-state index contributed by atoms with van der Waals surface area (Å²) in [6, 6.07) is 0. The van der Waals surface area contributed by atoms with Gasteiger partial charge in [0.15, 0.2) is 0 Å². The van der Waals surface area contributed by atoms with Gasteiger partial charge >= 0.3 is 0 Å².